The maximum absolute atomic E-state index is 14.1. The summed E-state index contributed by atoms with van der Waals surface area (Å²) in [6.07, 6.45) is 2.93. The van der Waals surface area contributed by atoms with Crippen molar-refractivity contribution in [3.8, 4) is 11.5 Å². The number of benzene rings is 1. The summed E-state index contributed by atoms with van der Waals surface area (Å²) < 4.78 is 24.3. The predicted molar refractivity (Wildman–Crippen MR) is 80.8 cm³/mol. The minimum absolute atomic E-state index is 0.0119. The third-order valence-corrected chi connectivity index (χ3v) is 4.84. The quantitative estimate of drug-likeness (QED) is 0.895. The number of hydrogen-bond acceptors (Lipinski definition) is 4. The first-order chi connectivity index (χ1) is 10.6. The molecule has 1 unspecified atom stereocenters. The summed E-state index contributed by atoms with van der Waals surface area (Å²) in [4.78, 5) is 12.4. The van der Waals surface area contributed by atoms with Gasteiger partial charge in [0, 0.05) is 18.1 Å². The van der Waals surface area contributed by atoms with Crippen molar-refractivity contribution < 1.29 is 18.7 Å². The first kappa shape index (κ1) is 15.1. The summed E-state index contributed by atoms with van der Waals surface area (Å²) in [6.45, 7) is 1.91. The number of nitrogens with one attached hydrogen (secondary N) is 2. The molecule has 0 bridgehead atoms. The van der Waals surface area contributed by atoms with E-state index in [0.717, 1.165) is 32.4 Å². The molecule has 1 aromatic carbocycles. The molecule has 1 atom stereocenters. The molecule has 1 saturated heterocycles. The lowest BCUT2D eigenvalue weighted by molar-refractivity contribution is -0.118. The minimum atomic E-state index is -0.522. The second-order valence-electron chi connectivity index (χ2n) is 6.05. The second-order valence-corrected chi connectivity index (χ2v) is 6.05. The van der Waals surface area contributed by atoms with Crippen LogP contribution in [0.2, 0.25) is 0 Å². The van der Waals surface area contributed by atoms with Gasteiger partial charge in [-0.15, -0.1) is 0 Å². The number of carbonyl (C=O) groups excluding carboxylic acids is 1. The van der Waals surface area contributed by atoms with Crippen molar-refractivity contribution in [2.45, 2.75) is 19.3 Å². The minimum Gasteiger partial charge on any atom is -0.493 e. The molecular formula is C16H21FN2O3. The average molecular weight is 308 g/mol. The fourth-order valence-corrected chi connectivity index (χ4v) is 3.37. The molecule has 2 aliphatic rings. The van der Waals surface area contributed by atoms with Gasteiger partial charge in [0.05, 0.1) is 19.9 Å². The van der Waals surface area contributed by atoms with E-state index in [0.29, 0.717) is 11.5 Å². The Hall–Kier alpha value is -1.82. The van der Waals surface area contributed by atoms with Gasteiger partial charge in [-0.2, -0.15) is 0 Å². The van der Waals surface area contributed by atoms with Gasteiger partial charge in [-0.25, -0.2) is 4.39 Å². The summed E-state index contributed by atoms with van der Waals surface area (Å²) in [5.41, 5.74) is 0.265. The summed E-state index contributed by atoms with van der Waals surface area (Å²) in [5, 5.41) is 6.00. The number of rotatable bonds is 4. The number of methoxy groups -OCH3 is 2. The Morgan fingerprint density at radius 3 is 2.55 bits per heavy atom. The second kappa shape index (κ2) is 5.76. The molecule has 1 spiro atoms. The summed E-state index contributed by atoms with van der Waals surface area (Å²) in [6, 6.07) is 2.69. The molecule has 6 heteroatoms. The van der Waals surface area contributed by atoms with Crippen LogP contribution in [0.1, 0.15) is 19.3 Å². The van der Waals surface area contributed by atoms with E-state index in [1.54, 1.807) is 0 Å². The van der Waals surface area contributed by atoms with Crippen LogP contribution in [0.25, 0.3) is 0 Å². The lowest BCUT2D eigenvalue weighted by atomic mass is 9.92. The van der Waals surface area contributed by atoms with E-state index in [1.807, 2.05) is 0 Å². The number of piperidine rings is 1. The van der Waals surface area contributed by atoms with Crippen LogP contribution >= 0.6 is 0 Å². The van der Waals surface area contributed by atoms with Crippen molar-refractivity contribution in [1.82, 2.24) is 5.32 Å². The van der Waals surface area contributed by atoms with Gasteiger partial charge in [0.1, 0.15) is 0 Å². The predicted octanol–water partition coefficient (Wildman–Crippen LogP) is 2.17. The molecule has 120 valence electrons. The standard InChI is InChI=1S/C16H21FN2O3/c1-21-13-7-11(17)12(8-14(13)22-2)19-15(20)10-9-16(10)3-5-18-6-4-16/h7-8,10,18H,3-6,9H2,1-2H3,(H,19,20). The Kier molecular flexibility index (Phi) is 3.95. The Labute approximate surface area is 129 Å². The fraction of sp³-hybridized carbons (Fsp3) is 0.562. The van der Waals surface area contributed by atoms with E-state index in [1.165, 1.54) is 26.4 Å². The Morgan fingerprint density at radius 2 is 1.91 bits per heavy atom. The van der Waals surface area contributed by atoms with E-state index in [2.05, 4.69) is 10.6 Å². The van der Waals surface area contributed by atoms with E-state index < -0.39 is 5.82 Å². The van der Waals surface area contributed by atoms with E-state index in [9.17, 15) is 9.18 Å². The molecule has 1 saturated carbocycles. The van der Waals surface area contributed by atoms with Gasteiger partial charge in [0.25, 0.3) is 0 Å². The van der Waals surface area contributed by atoms with Crippen molar-refractivity contribution in [2.24, 2.45) is 11.3 Å². The van der Waals surface area contributed by atoms with Crippen molar-refractivity contribution >= 4 is 11.6 Å². The number of hydrogen-bond donors (Lipinski definition) is 2. The maximum Gasteiger partial charge on any atom is 0.228 e. The molecule has 1 aliphatic carbocycles. The molecule has 5 nitrogen and oxygen atoms in total. The largest absolute Gasteiger partial charge is 0.493 e. The Morgan fingerprint density at radius 1 is 1.27 bits per heavy atom. The highest BCUT2D eigenvalue weighted by atomic mass is 19.1. The van der Waals surface area contributed by atoms with Gasteiger partial charge < -0.3 is 20.1 Å². The van der Waals surface area contributed by atoms with Crippen LogP contribution in [-0.4, -0.2) is 33.2 Å². The van der Waals surface area contributed by atoms with Gasteiger partial charge in [-0.1, -0.05) is 0 Å². The monoisotopic (exact) mass is 308 g/mol. The Balaban J connectivity index is 1.72. The van der Waals surface area contributed by atoms with Crippen LogP contribution in [0, 0.1) is 17.2 Å². The zero-order valence-corrected chi connectivity index (χ0v) is 12.9. The van der Waals surface area contributed by atoms with E-state index >= 15 is 0 Å². The first-order valence-corrected chi connectivity index (χ1v) is 7.53. The van der Waals surface area contributed by atoms with Crippen LogP contribution < -0.4 is 20.1 Å². The van der Waals surface area contributed by atoms with Crippen LogP contribution in [-0.2, 0) is 4.79 Å². The number of ether oxygens (including phenoxy) is 2. The molecule has 1 heterocycles. The summed E-state index contributed by atoms with van der Waals surface area (Å²) in [7, 11) is 2.92. The highest BCUT2D eigenvalue weighted by Gasteiger charge is 2.57. The molecule has 3 rings (SSSR count). The SMILES string of the molecule is COc1cc(F)c(NC(=O)C2CC23CCNCC3)cc1OC. The van der Waals surface area contributed by atoms with Gasteiger partial charge >= 0.3 is 0 Å². The highest BCUT2D eigenvalue weighted by Crippen LogP contribution is 2.58. The number of carbonyl (C=O) groups is 1. The molecule has 2 N–H and O–H groups in total. The van der Waals surface area contributed by atoms with Gasteiger partial charge in [0.15, 0.2) is 17.3 Å². The normalized spacial score (nSPS) is 22.2. The van der Waals surface area contributed by atoms with Crippen molar-refractivity contribution in [1.29, 1.82) is 0 Å². The lowest BCUT2D eigenvalue weighted by Crippen LogP contribution is -2.31. The molecule has 1 aromatic rings. The van der Waals surface area contributed by atoms with Crippen LogP contribution in [0.3, 0.4) is 0 Å². The highest BCUT2D eigenvalue weighted by molar-refractivity contribution is 5.95. The fourth-order valence-electron chi connectivity index (χ4n) is 3.37. The van der Waals surface area contributed by atoms with Crippen LogP contribution in [0.4, 0.5) is 10.1 Å². The van der Waals surface area contributed by atoms with Gasteiger partial charge in [0.2, 0.25) is 5.91 Å². The molecule has 0 aromatic heterocycles. The van der Waals surface area contributed by atoms with E-state index in [4.69, 9.17) is 9.47 Å². The average Bonchev–Trinajstić information content (AvgIpc) is 3.22. The molecule has 1 aliphatic heterocycles. The van der Waals surface area contributed by atoms with Gasteiger partial charge in [-0.3, -0.25) is 4.79 Å². The number of halogens is 1. The maximum atomic E-state index is 14.1. The molecule has 2 fully saturated rings. The summed E-state index contributed by atoms with van der Waals surface area (Å²) in [5.74, 6) is 0.0620. The molecule has 0 radical (unpaired) electrons. The van der Waals surface area contributed by atoms with Crippen molar-refractivity contribution in [3.63, 3.8) is 0 Å². The van der Waals surface area contributed by atoms with Crippen LogP contribution in [0.15, 0.2) is 12.1 Å². The van der Waals surface area contributed by atoms with Crippen molar-refractivity contribution in [3.05, 3.63) is 17.9 Å². The molecular weight excluding hydrogens is 287 g/mol. The number of amides is 1. The zero-order valence-electron chi connectivity index (χ0n) is 12.9. The molecule has 22 heavy (non-hydrogen) atoms. The molecule has 1 amide bonds. The third-order valence-electron chi connectivity index (χ3n) is 4.84. The zero-order chi connectivity index (χ0) is 15.7. The van der Waals surface area contributed by atoms with E-state index in [-0.39, 0.29) is 22.9 Å². The Bertz CT molecular complexity index is 585. The lowest BCUT2D eigenvalue weighted by Gasteiger charge is -2.23. The van der Waals surface area contributed by atoms with Gasteiger partial charge in [-0.05, 0) is 37.8 Å². The topological polar surface area (TPSA) is 59.6 Å². The smallest absolute Gasteiger partial charge is 0.228 e. The van der Waals surface area contributed by atoms with Crippen molar-refractivity contribution in [2.75, 3.05) is 32.6 Å². The van der Waals surface area contributed by atoms with Crippen LogP contribution in [0.5, 0.6) is 11.5 Å². The first-order valence-electron chi connectivity index (χ1n) is 7.53. The third kappa shape index (κ3) is 2.63. The summed E-state index contributed by atoms with van der Waals surface area (Å²) >= 11 is 0. The number of anilines is 1.